The summed E-state index contributed by atoms with van der Waals surface area (Å²) in [4.78, 5) is 44.3. The molecule has 0 aromatic carbocycles. The van der Waals surface area contributed by atoms with E-state index in [0.29, 0.717) is 41.8 Å². The summed E-state index contributed by atoms with van der Waals surface area (Å²) in [5.74, 6) is -0.971. The van der Waals surface area contributed by atoms with Gasteiger partial charge in [0.2, 0.25) is 11.9 Å². The number of hydrogen-bond acceptors (Lipinski definition) is 14. The molecule has 0 aliphatic carbocycles. The summed E-state index contributed by atoms with van der Waals surface area (Å²) < 4.78 is 37.9. The van der Waals surface area contributed by atoms with Crippen molar-refractivity contribution >= 4 is 66.4 Å². The molecule has 4 aromatic rings. The summed E-state index contributed by atoms with van der Waals surface area (Å²) in [6, 6.07) is 0. The van der Waals surface area contributed by atoms with E-state index >= 15 is 0 Å². The molecule has 228 valence electrons. The Balaban J connectivity index is 0.000000168. The van der Waals surface area contributed by atoms with Crippen LogP contribution in [0.1, 0.15) is 25.7 Å². The Kier molecular flexibility index (Phi) is 8.47. The van der Waals surface area contributed by atoms with Crippen LogP contribution >= 0.6 is 26.3 Å². The van der Waals surface area contributed by atoms with Crippen LogP contribution in [-0.4, -0.2) is 81.2 Å². The monoisotopic (exact) mass is 642 g/mol. The average molecular weight is 643 g/mol. The van der Waals surface area contributed by atoms with Gasteiger partial charge in [-0.1, -0.05) is 11.6 Å². The van der Waals surface area contributed by atoms with Gasteiger partial charge in [0.1, 0.15) is 29.9 Å². The van der Waals surface area contributed by atoms with Crippen molar-refractivity contribution in [2.45, 2.75) is 62.7 Å². The van der Waals surface area contributed by atoms with Gasteiger partial charge in [-0.2, -0.15) is 19.9 Å². The van der Waals surface area contributed by atoms with E-state index in [0.717, 1.165) is 12.8 Å². The zero-order chi connectivity index (χ0) is 30.4. The van der Waals surface area contributed by atoms with Crippen LogP contribution in [0.15, 0.2) is 12.7 Å². The van der Waals surface area contributed by atoms with Crippen LogP contribution in [0.5, 0.6) is 0 Å². The molecule has 7 N–H and O–H groups in total. The lowest BCUT2D eigenvalue weighted by atomic mass is 10.2. The summed E-state index contributed by atoms with van der Waals surface area (Å²) in [7, 11) is -6.69. The number of nitrogens with zero attached hydrogens (tertiary/aromatic N) is 8. The largest absolute Gasteiger partial charge is 0.777 e. The third kappa shape index (κ3) is 6.67. The molecule has 2 saturated heterocycles. The molecular formula is C22H31ClN11O6P2-. The van der Waals surface area contributed by atoms with E-state index in [2.05, 4.69) is 29.9 Å². The van der Waals surface area contributed by atoms with Crippen molar-refractivity contribution in [2.75, 3.05) is 30.5 Å². The second-order valence-electron chi connectivity index (χ2n) is 10.6. The van der Waals surface area contributed by atoms with Crippen molar-refractivity contribution in [3.05, 3.63) is 17.8 Å². The number of fused-ring (bicyclic) bond motifs is 2. The van der Waals surface area contributed by atoms with E-state index in [1.54, 1.807) is 24.2 Å². The Morgan fingerprint density at radius 3 is 1.90 bits per heavy atom. The molecule has 5 atom stereocenters. The highest BCUT2D eigenvalue weighted by Crippen LogP contribution is 2.49. The van der Waals surface area contributed by atoms with Crippen LogP contribution in [0.2, 0.25) is 5.15 Å². The number of hydrogen-bond donors (Lipinski definition) is 4. The van der Waals surface area contributed by atoms with Crippen LogP contribution in [0.3, 0.4) is 0 Å². The third-order valence-corrected chi connectivity index (χ3v) is 10.1. The average Bonchev–Trinajstić information content (AvgIpc) is 3.67. The van der Waals surface area contributed by atoms with Crippen LogP contribution in [0.25, 0.3) is 22.3 Å². The Labute approximate surface area is 244 Å². The minimum absolute atomic E-state index is 0.00408. The predicted molar refractivity (Wildman–Crippen MR) is 154 cm³/mol. The molecule has 17 nitrogen and oxygen atoms in total. The Bertz CT molecular complexity index is 1580. The van der Waals surface area contributed by atoms with E-state index in [1.807, 2.05) is 4.57 Å². The molecule has 2 fully saturated rings. The zero-order valence-corrected chi connectivity index (χ0v) is 25.3. The first-order valence-electron chi connectivity index (χ1n) is 13.0. The van der Waals surface area contributed by atoms with E-state index in [9.17, 15) is 14.0 Å². The van der Waals surface area contributed by atoms with Crippen LogP contribution in [0, 0.1) is 0 Å². The van der Waals surface area contributed by atoms with E-state index < -0.39 is 20.6 Å². The SMILES string of the molecule is CP(C)(=O)[C@@H]1CC[C@H](Cn2cnc3c(Cl)nc(N)nc32)O1.Nc1nc(N)c2ncn(C[C@H]3CC[C@@H](P(=O)([O-])O)O3)c2n1. The van der Waals surface area contributed by atoms with Gasteiger partial charge in [0.25, 0.3) is 0 Å². The highest BCUT2D eigenvalue weighted by atomic mass is 35.5. The van der Waals surface area contributed by atoms with Crippen molar-refractivity contribution in [3.8, 4) is 0 Å². The Hall–Kier alpha value is -2.91. The summed E-state index contributed by atoms with van der Waals surface area (Å²) >= 11 is 6.00. The summed E-state index contributed by atoms with van der Waals surface area (Å²) in [5, 5.41) is 0.244. The number of nitrogen functional groups attached to an aromatic ring is 3. The molecule has 4 aromatic heterocycles. The molecule has 2 aliphatic rings. The number of aromatic nitrogens is 8. The molecular weight excluding hydrogens is 612 g/mol. The molecule has 6 rings (SSSR count). The highest BCUT2D eigenvalue weighted by molar-refractivity contribution is 7.62. The third-order valence-electron chi connectivity index (χ3n) is 6.98. The number of rotatable bonds is 6. The molecule has 42 heavy (non-hydrogen) atoms. The first kappa shape index (κ1) is 30.5. The molecule has 0 radical (unpaired) electrons. The van der Waals surface area contributed by atoms with Crippen LogP contribution in [-0.2, 0) is 31.7 Å². The Morgan fingerprint density at radius 2 is 1.38 bits per heavy atom. The number of halogens is 1. The first-order chi connectivity index (χ1) is 19.7. The quantitative estimate of drug-likeness (QED) is 0.170. The molecule has 0 amide bonds. The molecule has 0 bridgehead atoms. The van der Waals surface area contributed by atoms with Gasteiger partial charge in [-0.15, -0.1) is 0 Å². The van der Waals surface area contributed by atoms with E-state index in [1.165, 1.54) is 6.33 Å². The molecule has 1 unspecified atom stereocenters. The second kappa shape index (κ2) is 11.6. The fourth-order valence-corrected chi connectivity index (χ4v) is 7.21. The van der Waals surface area contributed by atoms with Gasteiger partial charge in [-0.05, 0) is 39.0 Å². The number of ether oxygens (including phenoxy) is 2. The molecule has 0 saturated carbocycles. The normalized spacial score (nSPS) is 24.1. The summed E-state index contributed by atoms with van der Waals surface area (Å²) in [5.41, 5.74) is 18.9. The van der Waals surface area contributed by atoms with Gasteiger partial charge in [0, 0.05) is 0 Å². The van der Waals surface area contributed by atoms with Crippen LogP contribution in [0.4, 0.5) is 17.7 Å². The molecule has 0 spiro atoms. The van der Waals surface area contributed by atoms with Crippen molar-refractivity contribution in [3.63, 3.8) is 0 Å². The smallest absolute Gasteiger partial charge is 0.224 e. The summed E-state index contributed by atoms with van der Waals surface area (Å²) in [6.45, 7) is 4.45. The van der Waals surface area contributed by atoms with Gasteiger partial charge >= 0.3 is 0 Å². The van der Waals surface area contributed by atoms with Crippen molar-refractivity contribution in [1.29, 1.82) is 0 Å². The van der Waals surface area contributed by atoms with E-state index in [4.69, 9.17) is 43.2 Å². The number of imidazole rings is 2. The maximum atomic E-state index is 12.1. The lowest BCUT2D eigenvalue weighted by Gasteiger charge is -2.23. The lowest BCUT2D eigenvalue weighted by molar-refractivity contribution is -0.204. The molecule has 6 heterocycles. The minimum atomic E-state index is -4.47. The van der Waals surface area contributed by atoms with Gasteiger partial charge in [0.05, 0.1) is 38.0 Å². The van der Waals surface area contributed by atoms with Crippen LogP contribution < -0.4 is 22.1 Å². The highest BCUT2D eigenvalue weighted by Gasteiger charge is 2.34. The number of anilines is 3. The standard InChI is InChI=1S/C12H17ClN5O2P.C10H15N6O4P/c1-21(2,19)8-4-3-7(20-8)5-18-6-15-9-10(13)16-12(14)17-11(9)18;11-8-7-9(15-10(12)14-8)16(4-13-7)3-5-1-2-6(20-5)21(17,18)19/h6-8H,3-5H2,1-2H3,(H2,14,16,17);4-6H,1-3H2,(H2,17,18,19)(H4,11,12,14,15)/p-1/t7-,8-;5-,6-/m11/s1. The molecule has 20 heteroatoms. The summed E-state index contributed by atoms with van der Waals surface area (Å²) in [6.07, 6.45) is 5.25. The topological polar surface area (TPSA) is 261 Å². The maximum absolute atomic E-state index is 12.1. The zero-order valence-electron chi connectivity index (χ0n) is 22.8. The van der Waals surface area contributed by atoms with Gasteiger partial charge in [-0.3, -0.25) is 0 Å². The fraction of sp³-hybridized carbons (Fsp3) is 0.545. The van der Waals surface area contributed by atoms with Crippen molar-refractivity contribution in [1.82, 2.24) is 39.0 Å². The fourth-order valence-electron chi connectivity index (χ4n) is 4.95. The van der Waals surface area contributed by atoms with Crippen molar-refractivity contribution in [2.24, 2.45) is 0 Å². The predicted octanol–water partition coefficient (Wildman–Crippen LogP) is 1.23. The van der Waals surface area contributed by atoms with Gasteiger partial charge in [0.15, 0.2) is 29.9 Å². The van der Waals surface area contributed by atoms with Gasteiger partial charge < -0.3 is 54.7 Å². The first-order valence-corrected chi connectivity index (χ1v) is 17.6. The Morgan fingerprint density at radius 1 is 0.881 bits per heavy atom. The molecule has 2 aliphatic heterocycles. The lowest BCUT2D eigenvalue weighted by Crippen LogP contribution is -2.20. The maximum Gasteiger partial charge on any atom is 0.224 e. The van der Waals surface area contributed by atoms with Crippen molar-refractivity contribution < 1.29 is 28.4 Å². The second-order valence-corrected chi connectivity index (χ2v) is 16.1. The minimum Gasteiger partial charge on any atom is -0.777 e. The van der Waals surface area contributed by atoms with E-state index in [-0.39, 0.29) is 47.3 Å². The number of nitrogens with two attached hydrogens (primary N) is 3. The van der Waals surface area contributed by atoms with Gasteiger partial charge in [-0.25, -0.2) is 9.97 Å².